The Morgan fingerprint density at radius 2 is 2.00 bits per heavy atom. The lowest BCUT2D eigenvalue weighted by molar-refractivity contribution is 0.527. The molecule has 0 bridgehead atoms. The Kier molecular flexibility index (Phi) is 5.55. The minimum absolute atomic E-state index is 0.798. The average Bonchev–Trinajstić information content (AvgIpc) is 2.88. The van der Waals surface area contributed by atoms with Crippen LogP contribution < -0.4 is 5.32 Å². The van der Waals surface area contributed by atoms with Crippen LogP contribution in [-0.4, -0.2) is 11.5 Å². The Labute approximate surface area is 119 Å². The molecule has 0 spiro atoms. The third-order valence-corrected chi connectivity index (χ3v) is 3.88. The minimum atomic E-state index is 0.798. The highest BCUT2D eigenvalue weighted by Crippen LogP contribution is 2.21. The summed E-state index contributed by atoms with van der Waals surface area (Å²) in [6.07, 6.45) is 2.54. The van der Waals surface area contributed by atoms with Gasteiger partial charge in [0.05, 0.1) is 5.69 Å². The summed E-state index contributed by atoms with van der Waals surface area (Å²) < 4.78 is 0. The highest BCUT2D eigenvalue weighted by atomic mass is 32.1. The van der Waals surface area contributed by atoms with Crippen LogP contribution in [0.2, 0.25) is 0 Å². The number of benzene rings is 1. The van der Waals surface area contributed by atoms with Crippen LogP contribution in [0.5, 0.6) is 0 Å². The van der Waals surface area contributed by atoms with Crippen LogP contribution in [0, 0.1) is 5.92 Å². The maximum Gasteiger partial charge on any atom is 0.107 e. The predicted octanol–water partition coefficient (Wildman–Crippen LogP) is 4.34. The molecule has 0 aliphatic heterocycles. The standard InChI is InChI=1S/C16H22N2S/c1-13(2)7-6-10-17-11-16-18-15(12-19-16)14-8-4-3-5-9-14/h3-5,8-9,12-13,17H,6-7,10-11H2,1-2H3. The molecular weight excluding hydrogens is 252 g/mol. The fourth-order valence-electron chi connectivity index (χ4n) is 1.96. The molecule has 1 N–H and O–H groups in total. The minimum Gasteiger partial charge on any atom is -0.310 e. The third-order valence-electron chi connectivity index (χ3n) is 3.03. The lowest BCUT2D eigenvalue weighted by Crippen LogP contribution is -2.15. The van der Waals surface area contributed by atoms with Crippen molar-refractivity contribution in [2.75, 3.05) is 6.54 Å². The van der Waals surface area contributed by atoms with Crippen LogP contribution in [0.4, 0.5) is 0 Å². The zero-order valence-electron chi connectivity index (χ0n) is 11.7. The van der Waals surface area contributed by atoms with Crippen LogP contribution in [0.25, 0.3) is 11.3 Å². The maximum absolute atomic E-state index is 4.67. The van der Waals surface area contributed by atoms with Crippen molar-refractivity contribution in [3.05, 3.63) is 40.7 Å². The van der Waals surface area contributed by atoms with E-state index in [9.17, 15) is 0 Å². The van der Waals surface area contributed by atoms with E-state index in [2.05, 4.69) is 53.8 Å². The topological polar surface area (TPSA) is 24.9 Å². The van der Waals surface area contributed by atoms with Crippen molar-refractivity contribution in [1.29, 1.82) is 0 Å². The van der Waals surface area contributed by atoms with Crippen molar-refractivity contribution >= 4 is 11.3 Å². The summed E-state index contributed by atoms with van der Waals surface area (Å²) in [7, 11) is 0. The fourth-order valence-corrected chi connectivity index (χ4v) is 2.74. The number of nitrogens with zero attached hydrogens (tertiary/aromatic N) is 1. The van der Waals surface area contributed by atoms with E-state index in [1.165, 1.54) is 23.4 Å². The molecule has 1 aromatic heterocycles. The Bertz CT molecular complexity index is 477. The van der Waals surface area contributed by atoms with E-state index in [1.54, 1.807) is 11.3 Å². The van der Waals surface area contributed by atoms with Gasteiger partial charge in [-0.1, -0.05) is 44.2 Å². The molecule has 3 heteroatoms. The number of hydrogen-bond donors (Lipinski definition) is 1. The Morgan fingerprint density at radius 3 is 2.74 bits per heavy atom. The first-order valence-electron chi connectivity index (χ1n) is 6.96. The van der Waals surface area contributed by atoms with Crippen LogP contribution in [0.3, 0.4) is 0 Å². The second-order valence-corrected chi connectivity index (χ2v) is 6.15. The molecule has 0 radical (unpaired) electrons. The SMILES string of the molecule is CC(C)CCCNCc1nc(-c2ccccc2)cs1. The molecule has 102 valence electrons. The smallest absolute Gasteiger partial charge is 0.107 e. The van der Waals surface area contributed by atoms with Gasteiger partial charge in [0.25, 0.3) is 0 Å². The maximum atomic E-state index is 4.67. The summed E-state index contributed by atoms with van der Waals surface area (Å²) in [5.41, 5.74) is 2.29. The summed E-state index contributed by atoms with van der Waals surface area (Å²) in [4.78, 5) is 4.67. The van der Waals surface area contributed by atoms with E-state index in [-0.39, 0.29) is 0 Å². The second-order valence-electron chi connectivity index (χ2n) is 5.21. The lowest BCUT2D eigenvalue weighted by Gasteiger charge is -2.04. The summed E-state index contributed by atoms with van der Waals surface area (Å²) in [5, 5.41) is 6.78. The highest BCUT2D eigenvalue weighted by molar-refractivity contribution is 7.09. The van der Waals surface area contributed by atoms with Crippen molar-refractivity contribution in [2.45, 2.75) is 33.2 Å². The summed E-state index contributed by atoms with van der Waals surface area (Å²) in [6, 6.07) is 10.4. The molecule has 0 aliphatic rings. The van der Waals surface area contributed by atoms with Gasteiger partial charge in [-0.3, -0.25) is 0 Å². The molecule has 2 aromatic rings. The molecule has 0 amide bonds. The first kappa shape index (κ1) is 14.2. The number of rotatable bonds is 7. The number of hydrogen-bond acceptors (Lipinski definition) is 3. The van der Waals surface area contributed by atoms with Gasteiger partial charge >= 0.3 is 0 Å². The van der Waals surface area contributed by atoms with Crippen molar-refractivity contribution in [2.24, 2.45) is 5.92 Å². The van der Waals surface area contributed by atoms with Gasteiger partial charge < -0.3 is 5.32 Å². The Morgan fingerprint density at radius 1 is 1.21 bits per heavy atom. The van der Waals surface area contributed by atoms with Gasteiger partial charge in [0, 0.05) is 17.5 Å². The second kappa shape index (κ2) is 7.41. The lowest BCUT2D eigenvalue weighted by atomic mass is 10.1. The van der Waals surface area contributed by atoms with E-state index in [0.29, 0.717) is 0 Å². The third kappa shape index (κ3) is 4.77. The van der Waals surface area contributed by atoms with Crippen molar-refractivity contribution in [3.8, 4) is 11.3 Å². The van der Waals surface area contributed by atoms with E-state index in [0.717, 1.165) is 24.7 Å². The van der Waals surface area contributed by atoms with Gasteiger partial charge in [0.15, 0.2) is 0 Å². The zero-order chi connectivity index (χ0) is 13.5. The Hall–Kier alpha value is -1.19. The summed E-state index contributed by atoms with van der Waals surface area (Å²) in [5.74, 6) is 0.798. The fraction of sp³-hybridized carbons (Fsp3) is 0.438. The molecule has 0 unspecified atom stereocenters. The molecular formula is C16H22N2S. The van der Waals surface area contributed by atoms with Crippen LogP contribution in [0.1, 0.15) is 31.7 Å². The van der Waals surface area contributed by atoms with Gasteiger partial charge in [-0.15, -0.1) is 11.3 Å². The van der Waals surface area contributed by atoms with E-state index >= 15 is 0 Å². The van der Waals surface area contributed by atoms with Gasteiger partial charge in [0.1, 0.15) is 5.01 Å². The molecule has 0 saturated heterocycles. The monoisotopic (exact) mass is 274 g/mol. The molecule has 0 fully saturated rings. The van der Waals surface area contributed by atoms with Gasteiger partial charge in [-0.05, 0) is 25.3 Å². The van der Waals surface area contributed by atoms with Crippen molar-refractivity contribution in [1.82, 2.24) is 10.3 Å². The van der Waals surface area contributed by atoms with Gasteiger partial charge in [-0.2, -0.15) is 0 Å². The first-order valence-corrected chi connectivity index (χ1v) is 7.84. The quantitative estimate of drug-likeness (QED) is 0.760. The molecule has 0 aliphatic carbocycles. The van der Waals surface area contributed by atoms with E-state index in [1.807, 2.05) is 6.07 Å². The van der Waals surface area contributed by atoms with E-state index in [4.69, 9.17) is 0 Å². The molecule has 0 atom stereocenters. The van der Waals surface area contributed by atoms with Crippen LogP contribution >= 0.6 is 11.3 Å². The number of nitrogens with one attached hydrogen (secondary N) is 1. The van der Waals surface area contributed by atoms with Gasteiger partial charge in [-0.25, -0.2) is 4.98 Å². The normalized spacial score (nSPS) is 11.1. The molecule has 2 nitrogen and oxygen atoms in total. The summed E-state index contributed by atoms with van der Waals surface area (Å²) >= 11 is 1.74. The van der Waals surface area contributed by atoms with Crippen molar-refractivity contribution < 1.29 is 0 Å². The first-order chi connectivity index (χ1) is 9.25. The number of thiazole rings is 1. The molecule has 0 saturated carbocycles. The molecule has 19 heavy (non-hydrogen) atoms. The largest absolute Gasteiger partial charge is 0.310 e. The molecule has 2 rings (SSSR count). The van der Waals surface area contributed by atoms with Crippen molar-refractivity contribution in [3.63, 3.8) is 0 Å². The molecule has 1 heterocycles. The Balaban J connectivity index is 1.78. The highest BCUT2D eigenvalue weighted by Gasteiger charge is 2.03. The average molecular weight is 274 g/mol. The van der Waals surface area contributed by atoms with E-state index < -0.39 is 0 Å². The molecule has 1 aromatic carbocycles. The number of aromatic nitrogens is 1. The van der Waals surface area contributed by atoms with Crippen LogP contribution in [-0.2, 0) is 6.54 Å². The van der Waals surface area contributed by atoms with Crippen LogP contribution in [0.15, 0.2) is 35.7 Å². The zero-order valence-corrected chi connectivity index (χ0v) is 12.5. The summed E-state index contributed by atoms with van der Waals surface area (Å²) in [6.45, 7) is 6.51. The predicted molar refractivity (Wildman–Crippen MR) is 83.3 cm³/mol. The van der Waals surface area contributed by atoms with Gasteiger partial charge in [0.2, 0.25) is 0 Å².